The molecule has 2 aromatic carbocycles. The van der Waals surface area contributed by atoms with Crippen LogP contribution in [0.15, 0.2) is 42.5 Å². The van der Waals surface area contributed by atoms with Crippen molar-refractivity contribution in [3.63, 3.8) is 0 Å². The minimum atomic E-state index is 0. The number of hydrogen-bond donors (Lipinski definition) is 0. The molecule has 0 nitrogen and oxygen atoms in total. The van der Waals surface area contributed by atoms with E-state index in [1.54, 1.807) is 12.1 Å². The Kier molecular flexibility index (Phi) is 7.44. The van der Waals surface area contributed by atoms with Gasteiger partial charge in [0.2, 0.25) is 0 Å². The molecule has 2 aromatic rings. The molecule has 0 aliphatic rings. The average Bonchev–Trinajstić information content (AvgIpc) is 2.75. The summed E-state index contributed by atoms with van der Waals surface area (Å²) in [6, 6.07) is 13.3. The van der Waals surface area contributed by atoms with E-state index in [2.05, 4.69) is 0 Å². The smallest absolute Gasteiger partial charge is 0 e. The van der Waals surface area contributed by atoms with Gasteiger partial charge < -0.3 is 30.3 Å². The third-order valence-corrected chi connectivity index (χ3v) is 2.58. The molecule has 0 heterocycles. The standard InChI is InChI=1S/C5H2Cl3.C5H5.Fe/c6-3-1-2-4(7)5(3)8;1-2-4-5-3-1;/h1-2H;1-5H;/q-1;-5;. The van der Waals surface area contributed by atoms with Crippen LogP contribution in [0.2, 0.25) is 15.1 Å². The van der Waals surface area contributed by atoms with Gasteiger partial charge in [-0.15, -0.1) is 23.2 Å². The normalized spacial score (nSPS) is 8.50. The van der Waals surface area contributed by atoms with Crippen LogP contribution < -0.4 is 0 Å². The van der Waals surface area contributed by atoms with Gasteiger partial charge in [0.05, 0.1) is 0 Å². The van der Waals surface area contributed by atoms with Crippen molar-refractivity contribution in [3.05, 3.63) is 57.5 Å². The first-order chi connectivity index (χ1) is 6.22. The quantitative estimate of drug-likeness (QED) is 0.484. The predicted molar refractivity (Wildman–Crippen MR) is 59.1 cm³/mol. The fourth-order valence-corrected chi connectivity index (χ4v) is 1.23. The summed E-state index contributed by atoms with van der Waals surface area (Å²) in [5.41, 5.74) is 0. The second-order valence-corrected chi connectivity index (χ2v) is 3.50. The van der Waals surface area contributed by atoms with Gasteiger partial charge in [-0.2, -0.15) is 23.7 Å². The SMILES string of the molecule is Clc1ccc(Cl)[c-]1Cl.[Fe].[cH-]1[cH-][cH-][cH-][cH-]1. The zero-order valence-electron chi connectivity index (χ0n) is 7.03. The summed E-state index contributed by atoms with van der Waals surface area (Å²) in [5, 5.41) is 1.46. The Morgan fingerprint density at radius 3 is 1.29 bits per heavy atom. The molecule has 0 aromatic heterocycles. The van der Waals surface area contributed by atoms with Gasteiger partial charge in [-0.25, -0.2) is 0 Å². The Hall–Kier alpha value is 0.0895. The van der Waals surface area contributed by atoms with Gasteiger partial charge in [-0.3, -0.25) is 0 Å². The zero-order valence-corrected chi connectivity index (χ0v) is 10.4. The van der Waals surface area contributed by atoms with Crippen molar-refractivity contribution in [1.29, 1.82) is 0 Å². The summed E-state index contributed by atoms with van der Waals surface area (Å²) in [7, 11) is 0. The molecule has 2 rings (SSSR count). The minimum Gasteiger partial charge on any atom is -0.748 e. The van der Waals surface area contributed by atoms with E-state index in [0.29, 0.717) is 15.1 Å². The molecule has 0 amide bonds. The molecule has 0 spiro atoms. The Balaban J connectivity index is 0.000000246. The van der Waals surface area contributed by atoms with Gasteiger partial charge in [-0.1, -0.05) is 10.0 Å². The summed E-state index contributed by atoms with van der Waals surface area (Å²) in [6.45, 7) is 0. The molecular weight excluding hydrogens is 282 g/mol. The van der Waals surface area contributed by atoms with Crippen LogP contribution in [0.5, 0.6) is 0 Å². The summed E-state index contributed by atoms with van der Waals surface area (Å²) in [6.07, 6.45) is 0. The summed E-state index contributed by atoms with van der Waals surface area (Å²) in [4.78, 5) is 0. The van der Waals surface area contributed by atoms with Crippen LogP contribution in [-0.2, 0) is 17.1 Å². The number of halogens is 3. The van der Waals surface area contributed by atoms with Gasteiger partial charge in [0.25, 0.3) is 0 Å². The van der Waals surface area contributed by atoms with E-state index < -0.39 is 0 Å². The Labute approximate surface area is 109 Å². The molecule has 14 heavy (non-hydrogen) atoms. The molecule has 0 radical (unpaired) electrons. The Morgan fingerprint density at radius 1 is 0.857 bits per heavy atom. The Morgan fingerprint density at radius 2 is 1.14 bits per heavy atom. The van der Waals surface area contributed by atoms with Gasteiger partial charge in [0, 0.05) is 17.1 Å². The molecule has 0 bridgehead atoms. The van der Waals surface area contributed by atoms with Crippen LogP contribution >= 0.6 is 34.8 Å². The van der Waals surface area contributed by atoms with E-state index in [0.717, 1.165) is 0 Å². The molecule has 0 aliphatic carbocycles. The second-order valence-electron chi connectivity index (χ2n) is 2.31. The Bertz CT molecular complexity index is 301. The van der Waals surface area contributed by atoms with Crippen LogP contribution in [-0.4, -0.2) is 0 Å². The third kappa shape index (κ3) is 4.54. The molecule has 0 saturated carbocycles. The molecular formula is C10H7Cl3Fe-6. The van der Waals surface area contributed by atoms with Gasteiger partial charge >= 0.3 is 0 Å². The van der Waals surface area contributed by atoms with Gasteiger partial charge in [0.1, 0.15) is 0 Å². The van der Waals surface area contributed by atoms with E-state index in [1.165, 1.54) is 0 Å². The fourth-order valence-electron chi connectivity index (χ4n) is 0.727. The molecule has 0 fully saturated rings. The van der Waals surface area contributed by atoms with Crippen molar-refractivity contribution in [2.45, 2.75) is 0 Å². The maximum absolute atomic E-state index is 5.53. The minimum absolute atomic E-state index is 0. The molecule has 0 saturated heterocycles. The van der Waals surface area contributed by atoms with Crippen LogP contribution in [0.4, 0.5) is 0 Å². The topological polar surface area (TPSA) is 0 Å². The van der Waals surface area contributed by atoms with Crippen LogP contribution in [0.1, 0.15) is 0 Å². The van der Waals surface area contributed by atoms with Crippen molar-refractivity contribution < 1.29 is 17.1 Å². The first-order valence-electron chi connectivity index (χ1n) is 3.64. The molecule has 0 atom stereocenters. The fraction of sp³-hybridized carbons (Fsp3) is 0. The maximum Gasteiger partial charge on any atom is 0 e. The number of rotatable bonds is 0. The van der Waals surface area contributed by atoms with Crippen molar-refractivity contribution in [1.82, 2.24) is 0 Å². The van der Waals surface area contributed by atoms with Gasteiger partial charge in [0.15, 0.2) is 0 Å². The molecule has 4 heteroatoms. The third-order valence-electron chi connectivity index (χ3n) is 1.35. The van der Waals surface area contributed by atoms with E-state index >= 15 is 0 Å². The average molecular weight is 289 g/mol. The van der Waals surface area contributed by atoms with Crippen molar-refractivity contribution in [2.24, 2.45) is 0 Å². The number of hydrogen-bond acceptors (Lipinski definition) is 0. The van der Waals surface area contributed by atoms with E-state index in [-0.39, 0.29) is 17.1 Å². The first kappa shape index (κ1) is 14.1. The largest absolute Gasteiger partial charge is 0.748 e. The van der Waals surface area contributed by atoms with Gasteiger partial charge in [-0.05, 0) is 5.02 Å². The summed E-state index contributed by atoms with van der Waals surface area (Å²) < 4.78 is 0. The van der Waals surface area contributed by atoms with E-state index in [9.17, 15) is 0 Å². The second kappa shape index (κ2) is 7.39. The monoisotopic (exact) mass is 288 g/mol. The van der Waals surface area contributed by atoms with Crippen molar-refractivity contribution in [3.8, 4) is 0 Å². The van der Waals surface area contributed by atoms with Crippen LogP contribution in [0.25, 0.3) is 0 Å². The van der Waals surface area contributed by atoms with Crippen molar-refractivity contribution >= 4 is 34.8 Å². The first-order valence-corrected chi connectivity index (χ1v) is 4.78. The van der Waals surface area contributed by atoms with E-state index in [4.69, 9.17) is 34.8 Å². The molecule has 0 N–H and O–H groups in total. The molecule has 82 valence electrons. The van der Waals surface area contributed by atoms with Crippen LogP contribution in [0, 0.1) is 0 Å². The maximum atomic E-state index is 5.53. The zero-order chi connectivity index (χ0) is 9.68. The predicted octanol–water partition coefficient (Wildman–Crippen LogP) is 4.77. The summed E-state index contributed by atoms with van der Waals surface area (Å²) >= 11 is 16.6. The molecule has 0 aliphatic heterocycles. The van der Waals surface area contributed by atoms with Crippen molar-refractivity contribution in [2.75, 3.05) is 0 Å². The molecule has 0 unspecified atom stereocenters. The van der Waals surface area contributed by atoms with E-state index in [1.807, 2.05) is 30.3 Å². The summed E-state index contributed by atoms with van der Waals surface area (Å²) in [5.74, 6) is 0. The van der Waals surface area contributed by atoms with Crippen LogP contribution in [0.3, 0.4) is 0 Å².